The first-order valence-corrected chi connectivity index (χ1v) is 10.4. The van der Waals surface area contributed by atoms with E-state index in [0.29, 0.717) is 25.6 Å². The molecule has 1 fully saturated rings. The summed E-state index contributed by atoms with van der Waals surface area (Å²) in [5.74, 6) is 2.72. The molecule has 1 aromatic carbocycles. The summed E-state index contributed by atoms with van der Waals surface area (Å²) in [7, 11) is 3.34. The maximum atomic E-state index is 12.5. The van der Waals surface area contributed by atoms with Crippen LogP contribution in [-0.4, -0.2) is 70.5 Å². The normalized spacial score (nSPS) is 15.8. The molecule has 0 bridgehead atoms. The van der Waals surface area contributed by atoms with E-state index in [-0.39, 0.29) is 24.0 Å². The van der Waals surface area contributed by atoms with Crippen molar-refractivity contribution in [1.82, 2.24) is 15.5 Å². The Morgan fingerprint density at radius 3 is 2.48 bits per heavy atom. The van der Waals surface area contributed by atoms with E-state index in [9.17, 15) is 13.2 Å². The van der Waals surface area contributed by atoms with E-state index in [2.05, 4.69) is 15.6 Å². The molecule has 0 spiro atoms. The first-order valence-electron chi connectivity index (χ1n) is 10.4. The summed E-state index contributed by atoms with van der Waals surface area (Å²) in [5.41, 5.74) is 0. The maximum absolute atomic E-state index is 12.5. The molecule has 0 aliphatic carbocycles. The third-order valence-corrected chi connectivity index (χ3v) is 5.10. The second-order valence-corrected chi connectivity index (χ2v) is 7.43. The lowest BCUT2D eigenvalue weighted by molar-refractivity contribution is -0.148. The summed E-state index contributed by atoms with van der Waals surface area (Å²) in [4.78, 5) is 5.70. The van der Waals surface area contributed by atoms with Gasteiger partial charge in [-0.25, -0.2) is 0 Å². The highest BCUT2D eigenvalue weighted by Gasteiger charge is 2.32. The molecule has 0 aromatic heterocycles. The minimum atomic E-state index is -4.11. The molecule has 178 valence electrons. The number of nitrogens with zero attached hydrogens (tertiary/aromatic N) is 2. The van der Waals surface area contributed by atoms with Crippen molar-refractivity contribution in [2.24, 2.45) is 10.9 Å². The van der Waals surface area contributed by atoms with E-state index >= 15 is 0 Å². The number of guanidine groups is 1. The van der Waals surface area contributed by atoms with Gasteiger partial charge in [-0.05, 0) is 56.8 Å². The highest BCUT2D eigenvalue weighted by atomic mass is 127. The highest BCUT2D eigenvalue weighted by Crippen LogP contribution is 2.24. The average molecular weight is 558 g/mol. The predicted molar refractivity (Wildman–Crippen MR) is 128 cm³/mol. The molecule has 0 saturated carbocycles. The molecule has 0 radical (unpaired) electrons. The molecule has 1 aliphatic heterocycles. The zero-order valence-electron chi connectivity index (χ0n) is 18.2. The van der Waals surface area contributed by atoms with Crippen molar-refractivity contribution >= 4 is 29.9 Å². The van der Waals surface area contributed by atoms with Gasteiger partial charge in [0.25, 0.3) is 0 Å². The number of rotatable bonds is 10. The molecule has 2 N–H and O–H groups in total. The second kappa shape index (κ2) is 14.6. The van der Waals surface area contributed by atoms with E-state index in [1.165, 1.54) is 4.90 Å². The molecular formula is C21H34F3IN4O2. The van der Waals surface area contributed by atoms with Crippen molar-refractivity contribution in [2.75, 3.05) is 53.5 Å². The Morgan fingerprint density at radius 2 is 1.84 bits per heavy atom. The van der Waals surface area contributed by atoms with Gasteiger partial charge in [0.1, 0.15) is 11.5 Å². The number of ether oxygens (including phenoxy) is 2. The molecule has 0 amide bonds. The first-order chi connectivity index (χ1) is 14.4. The van der Waals surface area contributed by atoms with Gasteiger partial charge in [-0.15, -0.1) is 24.0 Å². The topological polar surface area (TPSA) is 58.1 Å². The van der Waals surface area contributed by atoms with Gasteiger partial charge in [0.05, 0.1) is 20.3 Å². The average Bonchev–Trinajstić information content (AvgIpc) is 2.72. The van der Waals surface area contributed by atoms with Crippen molar-refractivity contribution in [3.05, 3.63) is 24.3 Å². The van der Waals surface area contributed by atoms with Crippen LogP contribution >= 0.6 is 24.0 Å². The third-order valence-electron chi connectivity index (χ3n) is 5.10. The van der Waals surface area contributed by atoms with E-state index in [1.54, 1.807) is 14.2 Å². The molecular weight excluding hydrogens is 524 g/mol. The van der Waals surface area contributed by atoms with Crippen LogP contribution in [0.2, 0.25) is 0 Å². The van der Waals surface area contributed by atoms with Crippen LogP contribution in [0.15, 0.2) is 29.3 Å². The summed E-state index contributed by atoms with van der Waals surface area (Å²) in [6.45, 7) is 2.29. The minimum absolute atomic E-state index is 0. The fraction of sp³-hybridized carbons (Fsp3) is 0.667. The summed E-state index contributed by atoms with van der Waals surface area (Å²) in [5, 5.41) is 6.53. The Balaban J connectivity index is 0.00000480. The number of hydrogen-bond donors (Lipinski definition) is 2. The molecule has 2 rings (SSSR count). The van der Waals surface area contributed by atoms with Gasteiger partial charge in [0.2, 0.25) is 0 Å². The predicted octanol–water partition coefficient (Wildman–Crippen LogP) is 3.91. The second-order valence-electron chi connectivity index (χ2n) is 7.43. The number of aliphatic imine (C=N–C) groups is 1. The van der Waals surface area contributed by atoms with Crippen LogP contribution in [0.4, 0.5) is 13.2 Å². The Hall–Kier alpha value is -1.43. The summed E-state index contributed by atoms with van der Waals surface area (Å²) in [6, 6.07) is 7.50. The minimum Gasteiger partial charge on any atom is -0.497 e. The number of nitrogens with one attached hydrogen (secondary N) is 2. The van der Waals surface area contributed by atoms with Crippen LogP contribution in [0.25, 0.3) is 0 Å². The molecule has 1 aromatic rings. The smallest absolute Gasteiger partial charge is 0.401 e. The Labute approximate surface area is 200 Å². The largest absolute Gasteiger partial charge is 0.497 e. The van der Waals surface area contributed by atoms with Crippen molar-refractivity contribution in [1.29, 1.82) is 0 Å². The molecule has 1 saturated heterocycles. The van der Waals surface area contributed by atoms with Crippen LogP contribution in [0.5, 0.6) is 11.5 Å². The molecule has 10 heteroatoms. The number of likely N-dealkylation sites (tertiary alicyclic amines) is 1. The van der Waals surface area contributed by atoms with Gasteiger partial charge in [-0.3, -0.25) is 9.89 Å². The van der Waals surface area contributed by atoms with Crippen molar-refractivity contribution in [3.8, 4) is 11.5 Å². The molecule has 0 atom stereocenters. The quantitative estimate of drug-likeness (QED) is 0.198. The van der Waals surface area contributed by atoms with Crippen LogP contribution in [0, 0.1) is 5.92 Å². The molecule has 0 unspecified atom stereocenters. The molecule has 1 heterocycles. The Kier molecular flexibility index (Phi) is 13.0. The van der Waals surface area contributed by atoms with Gasteiger partial charge in [-0.1, -0.05) is 6.07 Å². The monoisotopic (exact) mass is 558 g/mol. The lowest BCUT2D eigenvalue weighted by Crippen LogP contribution is -2.41. The number of hydrogen-bond acceptors (Lipinski definition) is 4. The van der Waals surface area contributed by atoms with Gasteiger partial charge in [0, 0.05) is 26.2 Å². The van der Waals surface area contributed by atoms with Gasteiger partial charge < -0.3 is 20.1 Å². The van der Waals surface area contributed by atoms with E-state index in [0.717, 1.165) is 56.2 Å². The fourth-order valence-corrected chi connectivity index (χ4v) is 3.46. The summed E-state index contributed by atoms with van der Waals surface area (Å²) < 4.78 is 48.2. The SMILES string of the molecule is CN=C(NCCCOc1cccc(OC)c1)NCCC1CCN(CC(F)(F)F)CC1.I. The van der Waals surface area contributed by atoms with Gasteiger partial charge >= 0.3 is 6.18 Å². The maximum Gasteiger partial charge on any atom is 0.401 e. The number of piperidine rings is 1. The zero-order valence-corrected chi connectivity index (χ0v) is 20.5. The van der Waals surface area contributed by atoms with Gasteiger partial charge in [0.15, 0.2) is 5.96 Å². The summed E-state index contributed by atoms with van der Waals surface area (Å²) in [6.07, 6.45) is -0.739. The Morgan fingerprint density at radius 1 is 1.16 bits per heavy atom. The van der Waals surface area contributed by atoms with E-state index in [1.807, 2.05) is 24.3 Å². The number of halogens is 4. The third kappa shape index (κ3) is 11.7. The van der Waals surface area contributed by atoms with E-state index in [4.69, 9.17) is 9.47 Å². The Bertz CT molecular complexity index is 654. The summed E-state index contributed by atoms with van der Waals surface area (Å²) >= 11 is 0. The van der Waals surface area contributed by atoms with Crippen LogP contribution < -0.4 is 20.1 Å². The fourth-order valence-electron chi connectivity index (χ4n) is 3.46. The van der Waals surface area contributed by atoms with Crippen LogP contribution in [0.1, 0.15) is 25.7 Å². The number of benzene rings is 1. The van der Waals surface area contributed by atoms with Crippen LogP contribution in [-0.2, 0) is 0 Å². The lowest BCUT2D eigenvalue weighted by atomic mass is 9.93. The van der Waals surface area contributed by atoms with Gasteiger partial charge in [-0.2, -0.15) is 13.2 Å². The van der Waals surface area contributed by atoms with Crippen molar-refractivity contribution in [2.45, 2.75) is 31.9 Å². The zero-order chi connectivity index (χ0) is 21.8. The molecule has 1 aliphatic rings. The first kappa shape index (κ1) is 27.6. The van der Waals surface area contributed by atoms with Crippen LogP contribution in [0.3, 0.4) is 0 Å². The standard InChI is InChI=1S/C21H33F3N4O2.HI/c1-25-20(26-10-4-14-30-19-6-3-5-18(15-19)29-2)27-11-7-17-8-12-28(13-9-17)16-21(22,23)24;/h3,5-6,15,17H,4,7-14,16H2,1-2H3,(H2,25,26,27);1H. The molecule has 31 heavy (non-hydrogen) atoms. The van der Waals surface area contributed by atoms with Crippen molar-refractivity contribution in [3.63, 3.8) is 0 Å². The van der Waals surface area contributed by atoms with E-state index < -0.39 is 12.7 Å². The molecule has 6 nitrogen and oxygen atoms in total. The number of methoxy groups -OCH3 is 1. The number of alkyl halides is 3. The lowest BCUT2D eigenvalue weighted by Gasteiger charge is -2.32. The van der Waals surface area contributed by atoms with Crippen molar-refractivity contribution < 1.29 is 22.6 Å². The highest BCUT2D eigenvalue weighted by molar-refractivity contribution is 14.0.